The number of hydrogen-bond acceptors (Lipinski definition) is 3. The van der Waals surface area contributed by atoms with Crippen molar-refractivity contribution in [2.45, 2.75) is 19.9 Å². The quantitative estimate of drug-likeness (QED) is 0.897. The summed E-state index contributed by atoms with van der Waals surface area (Å²) in [6.45, 7) is 3.57. The molecule has 0 aliphatic heterocycles. The highest BCUT2D eigenvalue weighted by atomic mass is 79.9. The number of anilines is 1. The van der Waals surface area contributed by atoms with Gasteiger partial charge in [-0.15, -0.1) is 0 Å². The first-order valence-electron chi connectivity index (χ1n) is 5.21. The molecule has 0 heterocycles. The van der Waals surface area contributed by atoms with E-state index in [1.807, 2.05) is 6.07 Å². The van der Waals surface area contributed by atoms with Gasteiger partial charge in [0.2, 0.25) is 5.91 Å². The van der Waals surface area contributed by atoms with Gasteiger partial charge in [-0.05, 0) is 41.1 Å². The van der Waals surface area contributed by atoms with E-state index >= 15 is 0 Å². The third kappa shape index (κ3) is 3.55. The predicted molar refractivity (Wildman–Crippen MR) is 70.3 cm³/mol. The first-order valence-corrected chi connectivity index (χ1v) is 6.01. The predicted octanol–water partition coefficient (Wildman–Crippen LogP) is 2.24. The molecular weight excluding hydrogens is 282 g/mol. The summed E-state index contributed by atoms with van der Waals surface area (Å²) in [5.74, 6) is -0.400. The molecule has 0 bridgehead atoms. The van der Waals surface area contributed by atoms with Crippen LogP contribution in [0.25, 0.3) is 0 Å². The number of nitriles is 1. The number of amides is 1. The Morgan fingerprint density at radius 2 is 2.18 bits per heavy atom. The van der Waals surface area contributed by atoms with Gasteiger partial charge in [0.25, 0.3) is 0 Å². The summed E-state index contributed by atoms with van der Waals surface area (Å²) in [4.78, 5) is 11.8. The Morgan fingerprint density at radius 3 is 2.65 bits per heavy atom. The third-order valence-electron chi connectivity index (χ3n) is 2.56. The maximum absolute atomic E-state index is 11.8. The number of hydrogen-bond donors (Lipinski definition) is 2. The summed E-state index contributed by atoms with van der Waals surface area (Å²) in [7, 11) is 0. The SMILES string of the molecule is CC(N)C(C)C(=O)Nc1ccc(C#N)cc1Br. The largest absolute Gasteiger partial charge is 0.327 e. The summed E-state index contributed by atoms with van der Waals surface area (Å²) >= 11 is 3.31. The van der Waals surface area contributed by atoms with Gasteiger partial charge in [-0.2, -0.15) is 5.26 Å². The van der Waals surface area contributed by atoms with Crippen LogP contribution in [0.2, 0.25) is 0 Å². The van der Waals surface area contributed by atoms with Crippen LogP contribution in [0, 0.1) is 17.2 Å². The van der Waals surface area contributed by atoms with E-state index in [-0.39, 0.29) is 17.9 Å². The van der Waals surface area contributed by atoms with Gasteiger partial charge in [-0.1, -0.05) is 6.92 Å². The van der Waals surface area contributed by atoms with Crippen molar-refractivity contribution in [3.05, 3.63) is 28.2 Å². The summed E-state index contributed by atoms with van der Waals surface area (Å²) in [6, 6.07) is 6.82. The van der Waals surface area contributed by atoms with Crippen molar-refractivity contribution in [2.24, 2.45) is 11.7 Å². The van der Waals surface area contributed by atoms with Crippen LogP contribution in [-0.2, 0) is 4.79 Å². The summed E-state index contributed by atoms with van der Waals surface area (Å²) in [5, 5.41) is 11.5. The molecule has 0 radical (unpaired) electrons. The van der Waals surface area contributed by atoms with E-state index in [1.165, 1.54) is 0 Å². The Bertz CT molecular complexity index is 465. The van der Waals surface area contributed by atoms with Crippen molar-refractivity contribution in [1.29, 1.82) is 5.26 Å². The van der Waals surface area contributed by atoms with Crippen molar-refractivity contribution >= 4 is 27.5 Å². The van der Waals surface area contributed by atoms with Crippen molar-refractivity contribution in [1.82, 2.24) is 0 Å². The molecule has 1 aromatic rings. The lowest BCUT2D eigenvalue weighted by molar-refractivity contribution is -0.119. The van der Waals surface area contributed by atoms with E-state index < -0.39 is 0 Å². The van der Waals surface area contributed by atoms with Gasteiger partial charge in [0.05, 0.1) is 23.2 Å². The molecule has 1 aromatic carbocycles. The van der Waals surface area contributed by atoms with Crippen LogP contribution in [0.4, 0.5) is 5.69 Å². The van der Waals surface area contributed by atoms with Crippen molar-refractivity contribution in [2.75, 3.05) is 5.32 Å². The van der Waals surface area contributed by atoms with Crippen LogP contribution in [0.15, 0.2) is 22.7 Å². The monoisotopic (exact) mass is 295 g/mol. The summed E-state index contributed by atoms with van der Waals surface area (Å²) < 4.78 is 0.682. The zero-order chi connectivity index (χ0) is 13.0. The Hall–Kier alpha value is -1.38. The highest BCUT2D eigenvalue weighted by Gasteiger charge is 2.17. The molecule has 0 aliphatic rings. The number of carbonyl (C=O) groups is 1. The Kier molecular flexibility index (Phi) is 4.67. The van der Waals surface area contributed by atoms with E-state index in [9.17, 15) is 4.79 Å². The molecule has 0 saturated carbocycles. The van der Waals surface area contributed by atoms with Crippen molar-refractivity contribution < 1.29 is 4.79 Å². The molecule has 1 rings (SSSR count). The van der Waals surface area contributed by atoms with E-state index in [0.29, 0.717) is 15.7 Å². The number of carbonyl (C=O) groups excluding carboxylic acids is 1. The molecule has 17 heavy (non-hydrogen) atoms. The van der Waals surface area contributed by atoms with E-state index in [0.717, 1.165) is 0 Å². The number of nitrogens with two attached hydrogens (primary N) is 1. The highest BCUT2D eigenvalue weighted by Crippen LogP contribution is 2.24. The molecule has 1 amide bonds. The smallest absolute Gasteiger partial charge is 0.228 e. The normalized spacial score (nSPS) is 13.6. The van der Waals surface area contributed by atoms with Crippen LogP contribution in [0.3, 0.4) is 0 Å². The number of benzene rings is 1. The standard InChI is InChI=1S/C12H14BrN3O/c1-7(8(2)15)12(17)16-11-4-3-9(6-14)5-10(11)13/h3-5,7-8H,15H2,1-2H3,(H,16,17). The first-order chi connectivity index (χ1) is 7.95. The van der Waals surface area contributed by atoms with Crippen LogP contribution in [0.5, 0.6) is 0 Å². The van der Waals surface area contributed by atoms with Crippen LogP contribution < -0.4 is 11.1 Å². The minimum absolute atomic E-state index is 0.134. The molecule has 0 fully saturated rings. The molecule has 2 atom stereocenters. The lowest BCUT2D eigenvalue weighted by Gasteiger charge is -2.16. The van der Waals surface area contributed by atoms with E-state index in [2.05, 4.69) is 21.2 Å². The van der Waals surface area contributed by atoms with E-state index in [1.54, 1.807) is 32.0 Å². The Labute approximate surface area is 109 Å². The zero-order valence-corrected chi connectivity index (χ0v) is 11.3. The molecular formula is C12H14BrN3O. The van der Waals surface area contributed by atoms with E-state index in [4.69, 9.17) is 11.0 Å². The molecule has 0 aromatic heterocycles. The first kappa shape index (κ1) is 13.7. The molecule has 0 spiro atoms. The van der Waals surface area contributed by atoms with Gasteiger partial charge in [-0.3, -0.25) is 4.79 Å². The lowest BCUT2D eigenvalue weighted by atomic mass is 10.0. The molecule has 0 aliphatic carbocycles. The number of rotatable bonds is 3. The topological polar surface area (TPSA) is 78.9 Å². The fourth-order valence-electron chi connectivity index (χ4n) is 1.17. The second-order valence-corrected chi connectivity index (χ2v) is 4.80. The maximum Gasteiger partial charge on any atom is 0.228 e. The fraction of sp³-hybridized carbons (Fsp3) is 0.333. The molecule has 2 unspecified atom stereocenters. The molecule has 0 saturated heterocycles. The Morgan fingerprint density at radius 1 is 1.53 bits per heavy atom. The minimum Gasteiger partial charge on any atom is -0.327 e. The van der Waals surface area contributed by atoms with Crippen LogP contribution >= 0.6 is 15.9 Å². The van der Waals surface area contributed by atoms with Gasteiger partial charge >= 0.3 is 0 Å². The number of halogens is 1. The van der Waals surface area contributed by atoms with Crippen molar-refractivity contribution in [3.63, 3.8) is 0 Å². The molecule has 4 nitrogen and oxygen atoms in total. The Balaban J connectivity index is 2.83. The summed E-state index contributed by atoms with van der Waals surface area (Å²) in [5.41, 5.74) is 6.84. The van der Waals surface area contributed by atoms with Gasteiger partial charge in [-0.25, -0.2) is 0 Å². The molecule has 90 valence electrons. The van der Waals surface area contributed by atoms with Gasteiger partial charge in [0.1, 0.15) is 0 Å². The molecule has 5 heteroatoms. The second-order valence-electron chi connectivity index (χ2n) is 3.94. The number of nitrogens with zero attached hydrogens (tertiary/aromatic N) is 1. The number of nitrogens with one attached hydrogen (secondary N) is 1. The summed E-state index contributed by atoms with van der Waals surface area (Å²) in [6.07, 6.45) is 0. The van der Waals surface area contributed by atoms with Crippen LogP contribution in [-0.4, -0.2) is 11.9 Å². The van der Waals surface area contributed by atoms with Crippen molar-refractivity contribution in [3.8, 4) is 6.07 Å². The van der Waals surface area contributed by atoms with Crippen LogP contribution in [0.1, 0.15) is 19.4 Å². The second kappa shape index (κ2) is 5.80. The third-order valence-corrected chi connectivity index (χ3v) is 3.21. The van der Waals surface area contributed by atoms with Gasteiger partial charge < -0.3 is 11.1 Å². The molecule has 3 N–H and O–H groups in total. The lowest BCUT2D eigenvalue weighted by Crippen LogP contribution is -2.34. The average molecular weight is 296 g/mol. The maximum atomic E-state index is 11.8. The van der Waals surface area contributed by atoms with Gasteiger partial charge in [0, 0.05) is 10.5 Å². The minimum atomic E-state index is -0.266. The highest BCUT2D eigenvalue weighted by molar-refractivity contribution is 9.10. The zero-order valence-electron chi connectivity index (χ0n) is 9.70. The van der Waals surface area contributed by atoms with Gasteiger partial charge in [0.15, 0.2) is 0 Å². The fourth-order valence-corrected chi connectivity index (χ4v) is 1.65. The average Bonchev–Trinajstić information content (AvgIpc) is 2.30.